The molecule has 0 unspecified atom stereocenters. The van der Waals surface area contributed by atoms with E-state index in [1.54, 1.807) is 7.11 Å². The molecule has 0 bridgehead atoms. The van der Waals surface area contributed by atoms with E-state index < -0.39 is 0 Å². The molecule has 0 fully saturated rings. The molecular formula is C24H20ClNO3. The lowest BCUT2D eigenvalue weighted by Crippen LogP contribution is -2.04. The van der Waals surface area contributed by atoms with Gasteiger partial charge in [0.15, 0.2) is 0 Å². The Hall–Kier alpha value is -3.24. The third-order valence-corrected chi connectivity index (χ3v) is 4.69. The largest absolute Gasteiger partial charge is 0.497 e. The van der Waals surface area contributed by atoms with Gasteiger partial charge in [0.05, 0.1) is 24.8 Å². The first-order valence-electron chi connectivity index (χ1n) is 9.31. The molecule has 3 aromatic carbocycles. The Morgan fingerprint density at radius 1 is 0.931 bits per heavy atom. The highest BCUT2D eigenvalue weighted by molar-refractivity contribution is 6.30. The topological polar surface area (TPSA) is 44.0 Å². The van der Waals surface area contributed by atoms with E-state index in [9.17, 15) is 0 Å². The number of halogens is 1. The van der Waals surface area contributed by atoms with Crippen molar-refractivity contribution in [2.24, 2.45) is 4.99 Å². The molecule has 0 radical (unpaired) electrons. The van der Waals surface area contributed by atoms with Gasteiger partial charge in [0, 0.05) is 22.0 Å². The molecule has 0 atom stereocenters. The molecule has 5 heteroatoms. The third-order valence-electron chi connectivity index (χ3n) is 4.46. The lowest BCUT2D eigenvalue weighted by Gasteiger charge is -2.08. The fraction of sp³-hybridized carbons (Fsp3) is 0.125. The summed E-state index contributed by atoms with van der Waals surface area (Å²) < 4.78 is 17.1. The molecule has 146 valence electrons. The molecule has 0 saturated heterocycles. The first kappa shape index (κ1) is 19.1. The molecule has 0 saturated carbocycles. The van der Waals surface area contributed by atoms with E-state index in [1.165, 1.54) is 0 Å². The summed E-state index contributed by atoms with van der Waals surface area (Å²) in [6, 6.07) is 22.9. The van der Waals surface area contributed by atoms with E-state index in [1.807, 2.05) is 79.7 Å². The molecule has 0 aliphatic heterocycles. The van der Waals surface area contributed by atoms with Crippen LogP contribution in [0.4, 0.5) is 5.69 Å². The van der Waals surface area contributed by atoms with Crippen LogP contribution < -0.4 is 14.8 Å². The van der Waals surface area contributed by atoms with Crippen molar-refractivity contribution in [1.29, 1.82) is 0 Å². The molecule has 1 aromatic heterocycles. The van der Waals surface area contributed by atoms with Crippen molar-refractivity contribution in [2.75, 3.05) is 13.7 Å². The van der Waals surface area contributed by atoms with Crippen LogP contribution in [0.5, 0.6) is 11.5 Å². The van der Waals surface area contributed by atoms with Crippen molar-refractivity contribution in [2.45, 2.75) is 6.92 Å². The molecule has 4 rings (SSSR count). The second-order valence-corrected chi connectivity index (χ2v) is 6.84. The number of rotatable bonds is 5. The van der Waals surface area contributed by atoms with Crippen LogP contribution in [0.3, 0.4) is 0 Å². The normalized spacial score (nSPS) is 11.6. The van der Waals surface area contributed by atoms with Gasteiger partial charge in [-0.3, -0.25) is 0 Å². The second kappa shape index (κ2) is 8.41. The Kier molecular flexibility index (Phi) is 5.54. The number of hydrogen-bond acceptors (Lipinski definition) is 4. The number of fused-ring (bicyclic) bond motifs is 1. The lowest BCUT2D eigenvalue weighted by molar-refractivity contribution is 0.340. The maximum absolute atomic E-state index is 6.17. The van der Waals surface area contributed by atoms with Crippen molar-refractivity contribution in [3.63, 3.8) is 0 Å². The highest BCUT2D eigenvalue weighted by Crippen LogP contribution is 2.27. The summed E-state index contributed by atoms with van der Waals surface area (Å²) in [6.07, 6.45) is 0. The van der Waals surface area contributed by atoms with Crippen LogP contribution in [-0.4, -0.2) is 13.7 Å². The Morgan fingerprint density at radius 3 is 2.45 bits per heavy atom. The number of methoxy groups -OCH3 is 1. The predicted octanol–water partition coefficient (Wildman–Crippen LogP) is 6.39. The third kappa shape index (κ3) is 4.28. The zero-order valence-electron chi connectivity index (χ0n) is 16.2. The second-order valence-electron chi connectivity index (χ2n) is 6.41. The molecule has 0 N–H and O–H groups in total. The van der Waals surface area contributed by atoms with Crippen LogP contribution in [0.2, 0.25) is 5.02 Å². The van der Waals surface area contributed by atoms with Crippen molar-refractivity contribution >= 4 is 28.3 Å². The fourth-order valence-corrected chi connectivity index (χ4v) is 3.26. The van der Waals surface area contributed by atoms with Gasteiger partial charge in [-0.25, -0.2) is 4.99 Å². The Morgan fingerprint density at radius 2 is 1.72 bits per heavy atom. The van der Waals surface area contributed by atoms with Crippen molar-refractivity contribution < 1.29 is 13.9 Å². The summed E-state index contributed by atoms with van der Waals surface area (Å²) in [5, 5.41) is 2.29. The highest BCUT2D eigenvalue weighted by Gasteiger charge is 2.08. The summed E-state index contributed by atoms with van der Waals surface area (Å²) in [5.41, 5.74) is 2.43. The van der Waals surface area contributed by atoms with E-state index in [0.29, 0.717) is 17.4 Å². The zero-order chi connectivity index (χ0) is 20.2. The summed E-state index contributed by atoms with van der Waals surface area (Å²) in [7, 11) is 1.65. The van der Waals surface area contributed by atoms with Crippen molar-refractivity contribution in [3.05, 3.63) is 83.2 Å². The van der Waals surface area contributed by atoms with Gasteiger partial charge in [-0.1, -0.05) is 17.7 Å². The van der Waals surface area contributed by atoms with E-state index in [4.69, 9.17) is 30.5 Å². The monoisotopic (exact) mass is 405 g/mol. The lowest BCUT2D eigenvalue weighted by atomic mass is 10.1. The Balaban J connectivity index is 1.94. The van der Waals surface area contributed by atoms with E-state index in [0.717, 1.165) is 39.1 Å². The van der Waals surface area contributed by atoms with Gasteiger partial charge in [-0.2, -0.15) is 0 Å². The molecule has 1 heterocycles. The van der Waals surface area contributed by atoms with Crippen LogP contribution in [0.15, 0.2) is 82.2 Å². The summed E-state index contributed by atoms with van der Waals surface area (Å²) in [6.45, 7) is 2.55. The molecule has 4 nitrogen and oxygen atoms in total. The number of ether oxygens (including phenoxy) is 2. The molecular weight excluding hydrogens is 386 g/mol. The van der Waals surface area contributed by atoms with E-state index in [-0.39, 0.29) is 0 Å². The van der Waals surface area contributed by atoms with Gasteiger partial charge in [-0.15, -0.1) is 0 Å². The molecule has 4 aromatic rings. The minimum atomic E-state index is 0.591. The van der Waals surface area contributed by atoms with Crippen LogP contribution in [0, 0.1) is 0 Å². The molecule has 0 aliphatic carbocycles. The maximum Gasteiger partial charge on any atom is 0.137 e. The predicted molar refractivity (Wildman–Crippen MR) is 116 cm³/mol. The van der Waals surface area contributed by atoms with Gasteiger partial charge in [0.25, 0.3) is 0 Å². The Labute approximate surface area is 174 Å². The Bertz CT molecular complexity index is 1210. The van der Waals surface area contributed by atoms with E-state index >= 15 is 0 Å². The minimum Gasteiger partial charge on any atom is -0.497 e. The molecule has 0 spiro atoms. The van der Waals surface area contributed by atoms with Gasteiger partial charge < -0.3 is 13.9 Å². The number of nitrogens with zero attached hydrogens (tertiary/aromatic N) is 1. The van der Waals surface area contributed by atoms with Gasteiger partial charge in [0.2, 0.25) is 0 Å². The first-order valence-corrected chi connectivity index (χ1v) is 9.69. The summed E-state index contributed by atoms with van der Waals surface area (Å²) in [4.78, 5) is 4.83. The quantitative estimate of drug-likeness (QED) is 0.386. The fourth-order valence-electron chi connectivity index (χ4n) is 3.08. The highest BCUT2D eigenvalue weighted by atomic mass is 35.5. The van der Waals surface area contributed by atoms with Gasteiger partial charge in [0.1, 0.15) is 22.8 Å². The maximum atomic E-state index is 6.17. The van der Waals surface area contributed by atoms with Crippen molar-refractivity contribution in [3.8, 4) is 22.8 Å². The van der Waals surface area contributed by atoms with Gasteiger partial charge in [-0.05, 0) is 67.6 Å². The SMILES string of the molecule is CCOc1ccc2oc(-c3ccc(OC)cc3)cc(=Nc3cccc(Cl)c3)c2c1. The zero-order valence-corrected chi connectivity index (χ0v) is 16.9. The summed E-state index contributed by atoms with van der Waals surface area (Å²) >= 11 is 6.14. The number of benzene rings is 3. The average molecular weight is 406 g/mol. The van der Waals surface area contributed by atoms with Crippen LogP contribution >= 0.6 is 11.6 Å². The standard InChI is InChI=1S/C24H20ClNO3/c1-3-28-20-11-12-23-21(14-20)22(26-18-6-4-5-17(25)13-18)15-24(29-23)16-7-9-19(27-2)10-8-16/h4-15H,3H2,1-2H3. The van der Waals surface area contributed by atoms with Crippen LogP contribution in [0.25, 0.3) is 22.3 Å². The van der Waals surface area contributed by atoms with Gasteiger partial charge >= 0.3 is 0 Å². The van der Waals surface area contributed by atoms with E-state index in [2.05, 4.69) is 0 Å². The molecule has 29 heavy (non-hydrogen) atoms. The number of hydrogen-bond donors (Lipinski definition) is 0. The van der Waals surface area contributed by atoms with Crippen molar-refractivity contribution in [1.82, 2.24) is 0 Å². The minimum absolute atomic E-state index is 0.591. The average Bonchev–Trinajstić information content (AvgIpc) is 2.74. The van der Waals surface area contributed by atoms with Crippen LogP contribution in [-0.2, 0) is 0 Å². The molecule has 0 aliphatic rings. The first-order chi connectivity index (χ1) is 14.2. The smallest absolute Gasteiger partial charge is 0.137 e. The molecule has 0 amide bonds. The van der Waals surface area contributed by atoms with Crippen LogP contribution in [0.1, 0.15) is 6.92 Å². The summed E-state index contributed by atoms with van der Waals surface area (Å²) in [5.74, 6) is 2.28.